The van der Waals surface area contributed by atoms with Crippen LogP contribution in [0.2, 0.25) is 0 Å². The zero-order valence-electron chi connectivity index (χ0n) is 21.0. The van der Waals surface area contributed by atoms with Crippen LogP contribution in [-0.4, -0.2) is 38.8 Å². The first-order valence-corrected chi connectivity index (χ1v) is 12.3. The molecule has 5 rings (SSSR count). The van der Waals surface area contributed by atoms with E-state index < -0.39 is 23.0 Å². The molecular formula is C27H32FN5O3. The van der Waals surface area contributed by atoms with Gasteiger partial charge in [-0.05, 0) is 57.7 Å². The Labute approximate surface area is 210 Å². The van der Waals surface area contributed by atoms with E-state index in [1.54, 1.807) is 30.6 Å². The van der Waals surface area contributed by atoms with Crippen LogP contribution in [0.3, 0.4) is 0 Å². The smallest absolute Gasteiger partial charge is 0.232 e. The second-order valence-corrected chi connectivity index (χ2v) is 11.3. The number of carbonyl (C=O) groups is 2. The number of nitrogens with one attached hydrogen (secondary N) is 3. The average molecular weight is 494 g/mol. The largest absolute Gasteiger partial charge is 0.484 e. The van der Waals surface area contributed by atoms with Crippen molar-refractivity contribution in [2.75, 3.05) is 0 Å². The quantitative estimate of drug-likeness (QED) is 0.587. The number of halogens is 1. The van der Waals surface area contributed by atoms with E-state index >= 15 is 0 Å². The van der Waals surface area contributed by atoms with Crippen molar-refractivity contribution in [1.82, 2.24) is 20.5 Å². The van der Waals surface area contributed by atoms with Crippen molar-refractivity contribution in [3.05, 3.63) is 59.7 Å². The van der Waals surface area contributed by atoms with Crippen LogP contribution in [0.1, 0.15) is 70.2 Å². The SMILES string of the molecule is CC1(C)CC(=O)N([C@H](c2cccnc2)C2C[C@H]2C(=O)NC2CC(C)(C)Oc3c(F)cccc32)C(=N)N1. The lowest BCUT2D eigenvalue weighted by molar-refractivity contribution is -0.133. The lowest BCUT2D eigenvalue weighted by atomic mass is 9.89. The van der Waals surface area contributed by atoms with E-state index in [1.165, 1.54) is 11.0 Å². The first-order chi connectivity index (χ1) is 17.0. The summed E-state index contributed by atoms with van der Waals surface area (Å²) in [6, 6.07) is 7.57. The Balaban J connectivity index is 1.38. The summed E-state index contributed by atoms with van der Waals surface area (Å²) >= 11 is 0. The monoisotopic (exact) mass is 493 g/mol. The van der Waals surface area contributed by atoms with Crippen molar-refractivity contribution in [3.63, 3.8) is 0 Å². The molecular weight excluding hydrogens is 461 g/mol. The summed E-state index contributed by atoms with van der Waals surface area (Å²) in [7, 11) is 0. The van der Waals surface area contributed by atoms with Gasteiger partial charge < -0.3 is 15.4 Å². The number of aromatic nitrogens is 1. The van der Waals surface area contributed by atoms with Crippen LogP contribution >= 0.6 is 0 Å². The number of carbonyl (C=O) groups excluding carboxylic acids is 2. The van der Waals surface area contributed by atoms with Crippen LogP contribution in [0.4, 0.5) is 4.39 Å². The molecule has 4 atom stereocenters. The first kappa shape index (κ1) is 24.2. The number of nitrogens with zero attached hydrogens (tertiary/aromatic N) is 2. The topological polar surface area (TPSA) is 107 Å². The summed E-state index contributed by atoms with van der Waals surface area (Å²) in [5.41, 5.74) is 0.269. The normalized spacial score (nSPS) is 26.8. The fourth-order valence-corrected chi connectivity index (χ4v) is 5.55. The second kappa shape index (κ2) is 8.57. The summed E-state index contributed by atoms with van der Waals surface area (Å²) < 4.78 is 20.3. The number of fused-ring (bicyclic) bond motifs is 1. The standard InChI is InChI=1S/C27H32FN5O3/c1-26(2)13-21(34)33(25(29)32-26)22(15-7-6-10-30-14-15)17-11-18(17)24(35)31-20-12-27(3,4)36-23-16(20)8-5-9-19(23)28/h5-10,14,17-18,20,22H,11-13H2,1-4H3,(H2,29,32)(H,31,35)/t17?,18-,20?,22-/m1/s1. The molecule has 0 radical (unpaired) electrons. The van der Waals surface area contributed by atoms with E-state index in [0.29, 0.717) is 18.4 Å². The highest BCUT2D eigenvalue weighted by Crippen LogP contribution is 2.51. The third-order valence-corrected chi connectivity index (χ3v) is 7.21. The van der Waals surface area contributed by atoms with Crippen molar-refractivity contribution in [3.8, 4) is 5.75 Å². The number of ether oxygens (including phenoxy) is 1. The van der Waals surface area contributed by atoms with Crippen molar-refractivity contribution in [1.29, 1.82) is 5.41 Å². The van der Waals surface area contributed by atoms with Crippen LogP contribution in [-0.2, 0) is 9.59 Å². The maximum atomic E-state index is 14.5. The molecule has 190 valence electrons. The van der Waals surface area contributed by atoms with Crippen LogP contribution in [0.5, 0.6) is 5.75 Å². The molecule has 9 heteroatoms. The Morgan fingerprint density at radius 3 is 2.75 bits per heavy atom. The van der Waals surface area contributed by atoms with Gasteiger partial charge in [-0.25, -0.2) is 4.39 Å². The van der Waals surface area contributed by atoms with Crippen molar-refractivity contribution >= 4 is 17.8 Å². The number of amides is 2. The number of pyridine rings is 1. The van der Waals surface area contributed by atoms with Gasteiger partial charge >= 0.3 is 0 Å². The summed E-state index contributed by atoms with van der Waals surface area (Å²) in [4.78, 5) is 32.3. The molecule has 8 nitrogen and oxygen atoms in total. The summed E-state index contributed by atoms with van der Waals surface area (Å²) in [6.45, 7) is 7.53. The minimum Gasteiger partial charge on any atom is -0.484 e. The van der Waals surface area contributed by atoms with Gasteiger partial charge in [0.05, 0.1) is 12.1 Å². The Morgan fingerprint density at radius 1 is 1.28 bits per heavy atom. The molecule has 3 aliphatic rings. The Kier molecular flexibility index (Phi) is 5.76. The minimum atomic E-state index is -0.637. The lowest BCUT2D eigenvalue weighted by Gasteiger charge is -2.42. The van der Waals surface area contributed by atoms with Crippen molar-refractivity contribution in [2.45, 2.75) is 70.2 Å². The summed E-state index contributed by atoms with van der Waals surface area (Å²) in [5.74, 6) is -1.03. The van der Waals surface area contributed by atoms with Crippen molar-refractivity contribution < 1.29 is 18.7 Å². The molecule has 2 aromatic rings. The predicted molar refractivity (Wildman–Crippen MR) is 132 cm³/mol. The predicted octanol–water partition coefficient (Wildman–Crippen LogP) is 3.85. The van der Waals surface area contributed by atoms with Gasteiger partial charge in [0.15, 0.2) is 17.5 Å². The molecule has 36 heavy (non-hydrogen) atoms. The fraction of sp³-hybridized carbons (Fsp3) is 0.481. The van der Waals surface area contributed by atoms with Crippen LogP contribution < -0.4 is 15.4 Å². The van der Waals surface area contributed by atoms with Crippen LogP contribution in [0, 0.1) is 23.1 Å². The zero-order chi connectivity index (χ0) is 25.8. The van der Waals surface area contributed by atoms with E-state index in [-0.39, 0.29) is 47.8 Å². The Bertz CT molecular complexity index is 1200. The van der Waals surface area contributed by atoms with Crippen LogP contribution in [0.25, 0.3) is 0 Å². The molecule has 0 spiro atoms. The van der Waals surface area contributed by atoms with Gasteiger partial charge in [0, 0.05) is 42.3 Å². The number of para-hydroxylation sites is 1. The minimum absolute atomic E-state index is 0.0340. The van der Waals surface area contributed by atoms with E-state index in [9.17, 15) is 14.0 Å². The average Bonchev–Trinajstić information content (AvgIpc) is 3.57. The van der Waals surface area contributed by atoms with E-state index in [0.717, 1.165) is 5.56 Å². The van der Waals surface area contributed by atoms with Gasteiger partial charge in [0.1, 0.15) is 5.60 Å². The third kappa shape index (κ3) is 4.54. The van der Waals surface area contributed by atoms with Gasteiger partial charge in [0.25, 0.3) is 0 Å². The molecule has 2 unspecified atom stereocenters. The molecule has 1 saturated carbocycles. The van der Waals surface area contributed by atoms with E-state index in [2.05, 4.69) is 15.6 Å². The molecule has 2 amide bonds. The number of hydrogen-bond donors (Lipinski definition) is 3. The van der Waals surface area contributed by atoms with E-state index in [4.69, 9.17) is 10.1 Å². The molecule has 1 aromatic carbocycles. The third-order valence-electron chi connectivity index (χ3n) is 7.21. The van der Waals surface area contributed by atoms with Crippen molar-refractivity contribution in [2.24, 2.45) is 11.8 Å². The molecule has 1 aliphatic carbocycles. The Morgan fingerprint density at radius 2 is 2.06 bits per heavy atom. The molecule has 1 saturated heterocycles. The fourth-order valence-electron chi connectivity index (χ4n) is 5.55. The van der Waals surface area contributed by atoms with Crippen LogP contribution in [0.15, 0.2) is 42.7 Å². The van der Waals surface area contributed by atoms with E-state index in [1.807, 2.05) is 33.8 Å². The Hall–Kier alpha value is -3.49. The molecule has 3 heterocycles. The number of hydrogen-bond acceptors (Lipinski definition) is 5. The molecule has 3 N–H and O–H groups in total. The molecule has 2 aliphatic heterocycles. The summed E-state index contributed by atoms with van der Waals surface area (Å²) in [6.07, 6.45) is 4.68. The zero-order valence-corrected chi connectivity index (χ0v) is 21.0. The highest BCUT2D eigenvalue weighted by molar-refractivity contribution is 5.99. The number of rotatable bonds is 5. The number of benzene rings is 1. The molecule has 2 fully saturated rings. The van der Waals surface area contributed by atoms with Gasteiger partial charge in [-0.1, -0.05) is 18.2 Å². The summed E-state index contributed by atoms with van der Waals surface area (Å²) in [5, 5.41) is 14.8. The highest BCUT2D eigenvalue weighted by Gasteiger charge is 2.54. The lowest BCUT2D eigenvalue weighted by Crippen LogP contribution is -2.60. The maximum Gasteiger partial charge on any atom is 0.232 e. The second-order valence-electron chi connectivity index (χ2n) is 11.3. The maximum absolute atomic E-state index is 14.5. The first-order valence-electron chi connectivity index (χ1n) is 12.3. The molecule has 0 bridgehead atoms. The number of guanidine groups is 1. The van der Waals surface area contributed by atoms with Gasteiger partial charge in [-0.3, -0.25) is 24.9 Å². The van der Waals surface area contributed by atoms with Gasteiger partial charge in [0.2, 0.25) is 11.8 Å². The van der Waals surface area contributed by atoms with Gasteiger partial charge in [-0.15, -0.1) is 0 Å². The highest BCUT2D eigenvalue weighted by atomic mass is 19.1. The molecule has 1 aromatic heterocycles. The van der Waals surface area contributed by atoms with Gasteiger partial charge in [-0.2, -0.15) is 0 Å².